The van der Waals surface area contributed by atoms with E-state index in [9.17, 15) is 0 Å². The lowest BCUT2D eigenvalue weighted by molar-refractivity contribution is -0.00537. The number of ether oxygens (including phenoxy) is 1. The van der Waals surface area contributed by atoms with Gasteiger partial charge in [0.2, 0.25) is 0 Å². The van der Waals surface area contributed by atoms with Crippen molar-refractivity contribution in [2.24, 2.45) is 0 Å². The number of hydrogen-bond acceptors (Lipinski definition) is 5. The van der Waals surface area contributed by atoms with Crippen LogP contribution in [0.3, 0.4) is 0 Å². The van der Waals surface area contributed by atoms with Crippen LogP contribution in [0.4, 0.5) is 10.1 Å². The van der Waals surface area contributed by atoms with Gasteiger partial charge in [0, 0.05) is 24.7 Å². The topological polar surface area (TPSA) is 38.2 Å². The number of nitrogens with zero attached hydrogens (tertiary/aromatic N) is 3. The van der Waals surface area contributed by atoms with E-state index >= 15 is 4.39 Å². The summed E-state index contributed by atoms with van der Waals surface area (Å²) in [7, 11) is 0. The molecule has 1 fully saturated rings. The summed E-state index contributed by atoms with van der Waals surface area (Å²) in [6.45, 7) is 5.42. The lowest BCUT2D eigenvalue weighted by Crippen LogP contribution is -2.45. The van der Waals surface area contributed by atoms with E-state index in [0.29, 0.717) is 23.5 Å². The first-order valence-electron chi connectivity index (χ1n) is 8.03. The van der Waals surface area contributed by atoms with Gasteiger partial charge in [-0.1, -0.05) is 6.07 Å². The summed E-state index contributed by atoms with van der Waals surface area (Å²) < 4.78 is 25.9. The van der Waals surface area contributed by atoms with Crippen molar-refractivity contribution >= 4 is 27.3 Å². The number of rotatable bonds is 2. The lowest BCUT2D eigenvalue weighted by atomic mass is 10.1. The zero-order valence-corrected chi connectivity index (χ0v) is 14.4. The molecule has 0 radical (unpaired) electrons. The van der Waals surface area contributed by atoms with Gasteiger partial charge in [-0.3, -0.25) is 4.98 Å². The van der Waals surface area contributed by atoms with Crippen LogP contribution in [0.15, 0.2) is 36.5 Å². The minimum absolute atomic E-state index is 0.0920. The molecule has 0 amide bonds. The maximum Gasteiger partial charge on any atom is 0.165 e. The molecule has 1 saturated heterocycles. The molecule has 0 aliphatic carbocycles. The number of fused-ring (bicyclic) bond motifs is 1. The summed E-state index contributed by atoms with van der Waals surface area (Å²) in [5.74, 6) is -0.200. The SMILES string of the molecule is CC1CN(c2ccc3c(-c4ccccn4)nsc3c2F)CC(C)O1. The molecule has 0 spiro atoms. The van der Waals surface area contributed by atoms with Crippen molar-refractivity contribution in [3.63, 3.8) is 0 Å². The Bertz CT molecular complexity index is 857. The molecule has 2 unspecified atom stereocenters. The Kier molecular flexibility index (Phi) is 3.94. The van der Waals surface area contributed by atoms with Crippen LogP contribution in [0.25, 0.3) is 21.5 Å². The molecular weight excluding hydrogens is 325 g/mol. The fourth-order valence-corrected chi connectivity index (χ4v) is 4.09. The Morgan fingerprint density at radius 2 is 1.96 bits per heavy atom. The summed E-state index contributed by atoms with van der Waals surface area (Å²) in [5.41, 5.74) is 2.13. The smallest absolute Gasteiger partial charge is 0.165 e. The highest BCUT2D eigenvalue weighted by molar-refractivity contribution is 7.13. The molecule has 3 aromatic rings. The Morgan fingerprint density at radius 3 is 2.67 bits per heavy atom. The summed E-state index contributed by atoms with van der Waals surface area (Å²) in [5, 5.41) is 0.814. The number of aromatic nitrogens is 2. The molecule has 1 aromatic carbocycles. The van der Waals surface area contributed by atoms with Gasteiger partial charge in [-0.25, -0.2) is 4.39 Å². The highest BCUT2D eigenvalue weighted by atomic mass is 32.1. The second kappa shape index (κ2) is 6.11. The second-order valence-electron chi connectivity index (χ2n) is 6.18. The van der Waals surface area contributed by atoms with Gasteiger partial charge < -0.3 is 9.64 Å². The monoisotopic (exact) mass is 343 g/mol. The van der Waals surface area contributed by atoms with Gasteiger partial charge in [-0.2, -0.15) is 4.37 Å². The molecule has 124 valence electrons. The quantitative estimate of drug-likeness (QED) is 0.702. The van der Waals surface area contributed by atoms with Crippen LogP contribution in [0, 0.1) is 5.82 Å². The highest BCUT2D eigenvalue weighted by Gasteiger charge is 2.26. The van der Waals surface area contributed by atoms with E-state index in [1.54, 1.807) is 6.20 Å². The van der Waals surface area contributed by atoms with Crippen LogP contribution in [0.2, 0.25) is 0 Å². The molecule has 0 saturated carbocycles. The van der Waals surface area contributed by atoms with E-state index in [1.165, 1.54) is 11.5 Å². The first kappa shape index (κ1) is 15.5. The van der Waals surface area contributed by atoms with Gasteiger partial charge in [0.05, 0.1) is 28.3 Å². The summed E-state index contributed by atoms with van der Waals surface area (Å²) in [6.07, 6.45) is 1.91. The molecule has 2 atom stereocenters. The van der Waals surface area contributed by atoms with Gasteiger partial charge in [-0.15, -0.1) is 0 Å². The largest absolute Gasteiger partial charge is 0.372 e. The van der Waals surface area contributed by atoms with Crippen molar-refractivity contribution in [3.05, 3.63) is 42.3 Å². The number of pyridine rings is 1. The summed E-state index contributed by atoms with van der Waals surface area (Å²) in [6, 6.07) is 9.47. The van der Waals surface area contributed by atoms with Crippen molar-refractivity contribution in [2.75, 3.05) is 18.0 Å². The molecule has 2 aromatic heterocycles. The third kappa shape index (κ3) is 2.65. The first-order valence-corrected chi connectivity index (χ1v) is 8.80. The van der Waals surface area contributed by atoms with Gasteiger partial charge in [0.1, 0.15) is 5.69 Å². The van der Waals surface area contributed by atoms with Gasteiger partial charge in [0.25, 0.3) is 0 Å². The van der Waals surface area contributed by atoms with Crippen molar-refractivity contribution in [1.29, 1.82) is 0 Å². The predicted octanol–water partition coefficient (Wildman–Crippen LogP) is 4.11. The lowest BCUT2D eigenvalue weighted by Gasteiger charge is -2.37. The molecule has 1 aliphatic rings. The van der Waals surface area contributed by atoms with Crippen LogP contribution in [0.1, 0.15) is 13.8 Å². The average molecular weight is 343 g/mol. The average Bonchev–Trinajstić information content (AvgIpc) is 3.00. The van der Waals surface area contributed by atoms with Gasteiger partial charge in [-0.05, 0) is 49.6 Å². The molecule has 4 rings (SSSR count). The van der Waals surface area contributed by atoms with Crippen molar-refractivity contribution in [1.82, 2.24) is 9.36 Å². The molecule has 0 N–H and O–H groups in total. The van der Waals surface area contributed by atoms with Crippen LogP contribution in [-0.2, 0) is 4.74 Å². The molecule has 1 aliphatic heterocycles. The number of anilines is 1. The van der Waals surface area contributed by atoms with Gasteiger partial charge >= 0.3 is 0 Å². The third-order valence-corrected chi connectivity index (χ3v) is 5.08. The van der Waals surface area contributed by atoms with Crippen molar-refractivity contribution in [2.45, 2.75) is 26.1 Å². The zero-order valence-electron chi connectivity index (χ0n) is 13.6. The molecule has 24 heavy (non-hydrogen) atoms. The normalized spacial score (nSPS) is 21.4. The Hall–Kier alpha value is -2.05. The van der Waals surface area contributed by atoms with E-state index in [2.05, 4.69) is 14.3 Å². The maximum absolute atomic E-state index is 15.1. The molecule has 0 bridgehead atoms. The highest BCUT2D eigenvalue weighted by Crippen LogP contribution is 2.36. The number of benzene rings is 1. The molecule has 3 heterocycles. The van der Waals surface area contributed by atoms with Crippen molar-refractivity contribution < 1.29 is 9.13 Å². The maximum atomic E-state index is 15.1. The molecule has 6 heteroatoms. The predicted molar refractivity (Wildman–Crippen MR) is 95.0 cm³/mol. The Balaban J connectivity index is 1.77. The molecule has 4 nitrogen and oxygen atoms in total. The van der Waals surface area contributed by atoms with E-state index < -0.39 is 0 Å². The minimum Gasteiger partial charge on any atom is -0.372 e. The van der Waals surface area contributed by atoms with E-state index in [0.717, 1.165) is 16.8 Å². The van der Waals surface area contributed by atoms with Crippen LogP contribution >= 0.6 is 11.5 Å². The Morgan fingerprint density at radius 1 is 1.17 bits per heavy atom. The molecular formula is C18H18FN3OS. The number of hydrogen-bond donors (Lipinski definition) is 0. The third-order valence-electron chi connectivity index (χ3n) is 4.23. The van der Waals surface area contributed by atoms with E-state index in [1.807, 2.05) is 44.2 Å². The number of halogens is 1. The van der Waals surface area contributed by atoms with Crippen molar-refractivity contribution in [3.8, 4) is 11.4 Å². The van der Waals surface area contributed by atoms with Crippen LogP contribution < -0.4 is 4.90 Å². The summed E-state index contributed by atoms with van der Waals surface area (Å²) >= 11 is 1.19. The number of morpholine rings is 1. The van der Waals surface area contributed by atoms with Crippen LogP contribution in [0.5, 0.6) is 0 Å². The second-order valence-corrected chi connectivity index (χ2v) is 6.96. The fraction of sp³-hybridized carbons (Fsp3) is 0.333. The zero-order chi connectivity index (χ0) is 16.7. The first-order chi connectivity index (χ1) is 11.6. The minimum atomic E-state index is -0.200. The Labute approximate surface area is 144 Å². The van der Waals surface area contributed by atoms with E-state index in [-0.39, 0.29) is 18.0 Å². The fourth-order valence-electron chi connectivity index (χ4n) is 3.27. The standard InChI is InChI=1S/C18H18FN3OS/c1-11-9-22(10-12(2)23-11)15-7-6-13-17(14-5-3-4-8-20-14)21-24-18(13)16(15)19/h3-8,11-12H,9-10H2,1-2H3. The summed E-state index contributed by atoms with van der Waals surface area (Å²) in [4.78, 5) is 6.39. The van der Waals surface area contributed by atoms with Crippen LogP contribution in [-0.4, -0.2) is 34.7 Å². The van der Waals surface area contributed by atoms with E-state index in [4.69, 9.17) is 4.74 Å². The van der Waals surface area contributed by atoms with Gasteiger partial charge in [0.15, 0.2) is 5.82 Å².